The van der Waals surface area contributed by atoms with E-state index in [1.54, 1.807) is 19.5 Å². The Balaban J connectivity index is 1.77. The Hall–Kier alpha value is -3.66. The van der Waals surface area contributed by atoms with Crippen molar-refractivity contribution in [3.8, 4) is 28.3 Å². The van der Waals surface area contributed by atoms with Crippen LogP contribution >= 0.6 is 0 Å². The van der Waals surface area contributed by atoms with Crippen molar-refractivity contribution < 1.29 is 4.74 Å². The van der Waals surface area contributed by atoms with Gasteiger partial charge in [-0.05, 0) is 30.4 Å². The van der Waals surface area contributed by atoms with Crippen molar-refractivity contribution in [3.05, 3.63) is 90.5 Å². The van der Waals surface area contributed by atoms with Crippen LogP contribution in [0, 0.1) is 0 Å². The highest BCUT2D eigenvalue weighted by molar-refractivity contribution is 5.80. The number of hydrogen-bond acceptors (Lipinski definition) is 3. The van der Waals surface area contributed by atoms with Crippen LogP contribution in [0.15, 0.2) is 79.1 Å². The van der Waals surface area contributed by atoms with Gasteiger partial charge in [-0.2, -0.15) is 0 Å². The Morgan fingerprint density at radius 1 is 0.815 bits per heavy atom. The van der Waals surface area contributed by atoms with E-state index in [0.29, 0.717) is 0 Å². The lowest BCUT2D eigenvalue weighted by atomic mass is 10.1. The summed E-state index contributed by atoms with van der Waals surface area (Å²) in [5, 5.41) is 0. The van der Waals surface area contributed by atoms with Gasteiger partial charge in [-0.25, -0.2) is 4.98 Å². The van der Waals surface area contributed by atoms with E-state index in [1.165, 1.54) is 0 Å². The van der Waals surface area contributed by atoms with Gasteiger partial charge in [0.25, 0.3) is 0 Å². The number of nitrogens with zero attached hydrogens (tertiary/aromatic N) is 2. The Kier molecular flexibility index (Phi) is 4.79. The zero-order valence-corrected chi connectivity index (χ0v) is 15.0. The molecule has 0 saturated heterocycles. The van der Waals surface area contributed by atoms with E-state index < -0.39 is 0 Å². The largest absolute Gasteiger partial charge is 0.496 e. The Morgan fingerprint density at radius 3 is 2.33 bits per heavy atom. The molecule has 2 aromatic heterocycles. The van der Waals surface area contributed by atoms with Gasteiger partial charge >= 0.3 is 0 Å². The van der Waals surface area contributed by atoms with E-state index in [-0.39, 0.29) is 0 Å². The summed E-state index contributed by atoms with van der Waals surface area (Å²) >= 11 is 0. The molecule has 132 valence electrons. The van der Waals surface area contributed by atoms with Crippen LogP contribution in [0.4, 0.5) is 0 Å². The van der Waals surface area contributed by atoms with Gasteiger partial charge in [0, 0.05) is 29.1 Å². The first-order chi connectivity index (χ1) is 13.3. The van der Waals surface area contributed by atoms with Crippen molar-refractivity contribution >= 4 is 12.2 Å². The molecule has 0 aliphatic carbocycles. The fraction of sp³-hybridized carbons (Fsp3) is 0.0435. The van der Waals surface area contributed by atoms with Crippen LogP contribution in [0.3, 0.4) is 0 Å². The number of hydrogen-bond donors (Lipinski definition) is 1. The number of aromatic amines is 1. The summed E-state index contributed by atoms with van der Waals surface area (Å²) in [5.74, 6) is 1.62. The number of para-hydroxylation sites is 1. The quantitative estimate of drug-likeness (QED) is 0.528. The number of ether oxygens (including phenoxy) is 1. The highest BCUT2D eigenvalue weighted by Gasteiger charge is 2.13. The van der Waals surface area contributed by atoms with Crippen molar-refractivity contribution in [1.82, 2.24) is 15.0 Å². The van der Waals surface area contributed by atoms with Gasteiger partial charge in [0.05, 0.1) is 18.5 Å². The second-order valence-electron chi connectivity index (χ2n) is 6.02. The van der Waals surface area contributed by atoms with E-state index in [4.69, 9.17) is 9.72 Å². The second kappa shape index (κ2) is 7.70. The number of pyridine rings is 1. The molecular weight excluding hydrogens is 334 g/mol. The normalized spacial score (nSPS) is 11.0. The van der Waals surface area contributed by atoms with Gasteiger partial charge in [-0.15, -0.1) is 0 Å². The molecule has 0 aliphatic heterocycles. The summed E-state index contributed by atoms with van der Waals surface area (Å²) < 4.78 is 5.41. The fourth-order valence-corrected chi connectivity index (χ4v) is 2.98. The van der Waals surface area contributed by atoms with Crippen LogP contribution in [0.2, 0.25) is 0 Å². The van der Waals surface area contributed by atoms with Crippen molar-refractivity contribution in [2.45, 2.75) is 0 Å². The predicted molar refractivity (Wildman–Crippen MR) is 109 cm³/mol. The average molecular weight is 353 g/mol. The maximum Gasteiger partial charge on any atom is 0.131 e. The highest BCUT2D eigenvalue weighted by Crippen LogP contribution is 2.30. The van der Waals surface area contributed by atoms with Crippen LogP contribution in [0.1, 0.15) is 11.4 Å². The molecule has 0 unspecified atom stereocenters. The number of benzene rings is 2. The van der Waals surface area contributed by atoms with Gasteiger partial charge in [0.1, 0.15) is 11.6 Å². The average Bonchev–Trinajstić information content (AvgIpc) is 3.18. The van der Waals surface area contributed by atoms with E-state index in [0.717, 1.165) is 39.7 Å². The summed E-state index contributed by atoms with van der Waals surface area (Å²) in [6.07, 6.45) is 7.53. The number of methoxy groups -OCH3 is 1. The first-order valence-electron chi connectivity index (χ1n) is 8.72. The van der Waals surface area contributed by atoms with Gasteiger partial charge < -0.3 is 9.72 Å². The Morgan fingerprint density at radius 2 is 1.56 bits per heavy atom. The van der Waals surface area contributed by atoms with Crippen molar-refractivity contribution in [2.24, 2.45) is 0 Å². The topological polar surface area (TPSA) is 50.8 Å². The van der Waals surface area contributed by atoms with Crippen molar-refractivity contribution in [2.75, 3.05) is 7.11 Å². The first-order valence-corrected chi connectivity index (χ1v) is 8.72. The third kappa shape index (κ3) is 3.65. The lowest BCUT2D eigenvalue weighted by molar-refractivity contribution is 0.414. The summed E-state index contributed by atoms with van der Waals surface area (Å²) in [6.45, 7) is 0. The van der Waals surface area contributed by atoms with E-state index in [2.05, 4.69) is 22.1 Å². The molecule has 0 bridgehead atoms. The summed E-state index contributed by atoms with van der Waals surface area (Å²) in [4.78, 5) is 12.4. The van der Waals surface area contributed by atoms with Gasteiger partial charge in [-0.3, -0.25) is 4.98 Å². The number of H-pyrrole nitrogens is 1. The van der Waals surface area contributed by atoms with Crippen LogP contribution < -0.4 is 4.74 Å². The summed E-state index contributed by atoms with van der Waals surface area (Å²) in [6, 6.07) is 22.0. The Bertz CT molecular complexity index is 996. The minimum Gasteiger partial charge on any atom is -0.496 e. The molecule has 0 fully saturated rings. The molecule has 4 aromatic rings. The monoisotopic (exact) mass is 353 g/mol. The molecule has 0 saturated carbocycles. The molecule has 0 atom stereocenters. The van der Waals surface area contributed by atoms with Gasteiger partial charge in [-0.1, -0.05) is 48.5 Å². The minimum atomic E-state index is 0.784. The van der Waals surface area contributed by atoms with Crippen LogP contribution in [-0.4, -0.2) is 22.1 Å². The number of rotatable bonds is 5. The zero-order chi connectivity index (χ0) is 18.5. The minimum absolute atomic E-state index is 0.784. The zero-order valence-electron chi connectivity index (χ0n) is 15.0. The smallest absolute Gasteiger partial charge is 0.131 e. The molecular formula is C23H19N3O. The predicted octanol–water partition coefficient (Wildman–Crippen LogP) is 5.32. The third-order valence-corrected chi connectivity index (χ3v) is 4.30. The molecule has 0 spiro atoms. The van der Waals surface area contributed by atoms with E-state index >= 15 is 0 Å². The van der Waals surface area contributed by atoms with Crippen molar-refractivity contribution in [3.63, 3.8) is 0 Å². The van der Waals surface area contributed by atoms with Crippen LogP contribution in [0.25, 0.3) is 34.7 Å². The SMILES string of the molecule is COc1ccccc1C=Cc1nc(-c2ccncc2)c(-c2ccccc2)[nH]1. The summed E-state index contributed by atoms with van der Waals surface area (Å²) in [5.41, 5.74) is 5.01. The third-order valence-electron chi connectivity index (χ3n) is 4.30. The summed E-state index contributed by atoms with van der Waals surface area (Å²) in [7, 11) is 1.68. The number of imidazole rings is 1. The first kappa shape index (κ1) is 16.8. The highest BCUT2D eigenvalue weighted by atomic mass is 16.5. The molecule has 4 heteroatoms. The lowest BCUT2D eigenvalue weighted by Crippen LogP contribution is -1.85. The standard InChI is InChI=1S/C23H19N3O/c1-27-20-10-6-5-7-17(20)11-12-21-25-22(18-8-3-2-4-9-18)23(26-21)19-13-15-24-16-14-19/h2-16H,1H3,(H,25,26). The molecule has 0 radical (unpaired) electrons. The molecule has 2 heterocycles. The molecule has 4 nitrogen and oxygen atoms in total. The van der Waals surface area contributed by atoms with Crippen molar-refractivity contribution in [1.29, 1.82) is 0 Å². The fourth-order valence-electron chi connectivity index (χ4n) is 2.98. The maximum absolute atomic E-state index is 5.41. The Labute approximate surface area is 158 Å². The maximum atomic E-state index is 5.41. The molecule has 1 N–H and O–H groups in total. The van der Waals surface area contributed by atoms with Gasteiger partial charge in [0.2, 0.25) is 0 Å². The number of aromatic nitrogens is 3. The van der Waals surface area contributed by atoms with Crippen LogP contribution in [0.5, 0.6) is 5.75 Å². The molecule has 2 aromatic carbocycles. The van der Waals surface area contributed by atoms with E-state index in [1.807, 2.05) is 66.7 Å². The molecule has 0 amide bonds. The van der Waals surface area contributed by atoms with E-state index in [9.17, 15) is 0 Å². The van der Waals surface area contributed by atoms with Crippen LogP contribution in [-0.2, 0) is 0 Å². The molecule has 27 heavy (non-hydrogen) atoms. The molecule has 0 aliphatic rings. The molecule has 4 rings (SSSR count). The second-order valence-corrected chi connectivity index (χ2v) is 6.02. The van der Waals surface area contributed by atoms with Gasteiger partial charge in [0.15, 0.2) is 0 Å². The lowest BCUT2D eigenvalue weighted by Gasteiger charge is -2.02. The number of nitrogens with one attached hydrogen (secondary N) is 1.